The Kier molecular flexibility index (Phi) is 8.41. The van der Waals surface area contributed by atoms with Crippen molar-refractivity contribution in [3.63, 3.8) is 0 Å². The normalized spacial score (nSPS) is 16.3. The van der Waals surface area contributed by atoms with Gasteiger partial charge in [0.15, 0.2) is 0 Å². The first-order valence-electron chi connectivity index (χ1n) is 5.45. The van der Waals surface area contributed by atoms with E-state index in [1.165, 1.54) is 23.5 Å². The Labute approximate surface area is 115 Å². The van der Waals surface area contributed by atoms with Crippen molar-refractivity contribution in [2.75, 3.05) is 11.5 Å². The van der Waals surface area contributed by atoms with Crippen molar-refractivity contribution in [1.29, 1.82) is 0 Å². The van der Waals surface area contributed by atoms with Gasteiger partial charge in [0.25, 0.3) is 0 Å². The van der Waals surface area contributed by atoms with Crippen LogP contribution < -0.4 is 11.5 Å². The van der Waals surface area contributed by atoms with Crippen LogP contribution in [0.25, 0.3) is 0 Å². The Morgan fingerprint density at radius 2 is 1.33 bits per heavy atom. The van der Waals surface area contributed by atoms with Crippen LogP contribution in [0.2, 0.25) is 0 Å². The quantitative estimate of drug-likeness (QED) is 0.446. The minimum absolute atomic E-state index is 0.0841. The van der Waals surface area contributed by atoms with Gasteiger partial charge in [0.05, 0.1) is 4.58 Å². The summed E-state index contributed by atoms with van der Waals surface area (Å²) in [5.41, 5.74) is 10.8. The summed E-state index contributed by atoms with van der Waals surface area (Å²) in [4.78, 5) is 21.2. The Morgan fingerprint density at radius 1 is 1.00 bits per heavy atom. The highest BCUT2D eigenvalue weighted by Crippen LogP contribution is 2.31. The van der Waals surface area contributed by atoms with Gasteiger partial charge in [-0.15, -0.1) is 23.5 Å². The molecule has 0 amide bonds. The van der Waals surface area contributed by atoms with Crippen molar-refractivity contribution in [2.24, 2.45) is 17.4 Å². The average Bonchev–Trinajstić information content (AvgIpc) is 2.27. The second-order valence-electron chi connectivity index (χ2n) is 4.17. The summed E-state index contributed by atoms with van der Waals surface area (Å²) in [5, 5.41) is 17.4. The fourth-order valence-electron chi connectivity index (χ4n) is 0.973. The monoisotopic (exact) mass is 296 g/mol. The molecular weight excluding hydrogens is 276 g/mol. The summed E-state index contributed by atoms with van der Waals surface area (Å²) >= 11 is 2.86. The van der Waals surface area contributed by atoms with Gasteiger partial charge in [-0.05, 0) is 5.92 Å². The summed E-state index contributed by atoms with van der Waals surface area (Å²) in [6, 6.07) is -1.80. The van der Waals surface area contributed by atoms with E-state index < -0.39 is 24.0 Å². The minimum atomic E-state index is -1.03. The van der Waals surface area contributed by atoms with Crippen molar-refractivity contribution >= 4 is 35.5 Å². The van der Waals surface area contributed by atoms with Crippen molar-refractivity contribution in [1.82, 2.24) is 0 Å². The number of rotatable bonds is 9. The molecule has 106 valence electrons. The number of carboxylic acids is 2. The lowest BCUT2D eigenvalue weighted by molar-refractivity contribution is -0.138. The molecule has 0 aromatic carbocycles. The predicted molar refractivity (Wildman–Crippen MR) is 74.8 cm³/mol. The van der Waals surface area contributed by atoms with Gasteiger partial charge in [-0.2, -0.15) is 0 Å². The molecule has 0 saturated carbocycles. The standard InChI is InChI=1S/C10H20N2O4S2/c1-5(2)10(17-3-6(11)8(13)14)18-4-7(12)9(15)16/h5-7,10H,3-4,11-12H2,1-2H3,(H,13,14)(H,15,16). The number of hydrogen-bond donors (Lipinski definition) is 4. The summed E-state index contributed by atoms with van der Waals surface area (Å²) in [6.07, 6.45) is 0. The van der Waals surface area contributed by atoms with Gasteiger partial charge in [-0.25, -0.2) is 0 Å². The van der Waals surface area contributed by atoms with E-state index in [9.17, 15) is 9.59 Å². The average molecular weight is 296 g/mol. The van der Waals surface area contributed by atoms with Gasteiger partial charge in [-0.1, -0.05) is 13.8 Å². The first-order valence-corrected chi connectivity index (χ1v) is 7.55. The Hall–Kier alpha value is -0.440. The van der Waals surface area contributed by atoms with E-state index >= 15 is 0 Å². The van der Waals surface area contributed by atoms with Crippen molar-refractivity contribution < 1.29 is 19.8 Å². The molecule has 6 nitrogen and oxygen atoms in total. The Balaban J connectivity index is 4.16. The number of carbonyl (C=O) groups is 2. The number of hydrogen-bond acceptors (Lipinski definition) is 6. The SMILES string of the molecule is CC(C)C(SCC(N)C(=O)O)SCC(N)C(=O)O. The van der Waals surface area contributed by atoms with Gasteiger partial charge >= 0.3 is 11.9 Å². The first kappa shape index (κ1) is 17.6. The van der Waals surface area contributed by atoms with E-state index in [1.807, 2.05) is 13.8 Å². The van der Waals surface area contributed by atoms with Gasteiger partial charge in [0, 0.05) is 11.5 Å². The minimum Gasteiger partial charge on any atom is -0.480 e. The van der Waals surface area contributed by atoms with Gasteiger partial charge in [0.1, 0.15) is 12.1 Å². The van der Waals surface area contributed by atoms with Crippen LogP contribution in [0.5, 0.6) is 0 Å². The lowest BCUT2D eigenvalue weighted by atomic mass is 10.3. The van der Waals surface area contributed by atoms with E-state index in [0.717, 1.165) is 0 Å². The molecule has 2 unspecified atom stereocenters. The first-order chi connectivity index (χ1) is 8.25. The van der Waals surface area contributed by atoms with Gasteiger partial charge < -0.3 is 21.7 Å². The molecule has 0 aliphatic rings. The molecule has 0 aliphatic heterocycles. The predicted octanol–water partition coefficient (Wildman–Crippen LogP) is 0.259. The zero-order valence-corrected chi connectivity index (χ0v) is 12.0. The van der Waals surface area contributed by atoms with E-state index in [4.69, 9.17) is 21.7 Å². The molecular formula is C10H20N2O4S2. The second-order valence-corrected chi connectivity index (χ2v) is 6.82. The molecule has 6 N–H and O–H groups in total. The number of aliphatic carboxylic acids is 2. The van der Waals surface area contributed by atoms with Crippen LogP contribution >= 0.6 is 23.5 Å². The molecule has 0 aromatic heterocycles. The highest BCUT2D eigenvalue weighted by Gasteiger charge is 2.21. The number of carboxylic acid groups (broad SMARTS) is 2. The highest BCUT2D eigenvalue weighted by molar-refractivity contribution is 8.17. The van der Waals surface area contributed by atoms with Gasteiger partial charge in [0.2, 0.25) is 0 Å². The van der Waals surface area contributed by atoms with Crippen LogP contribution in [0.1, 0.15) is 13.8 Å². The zero-order valence-electron chi connectivity index (χ0n) is 10.4. The van der Waals surface area contributed by atoms with Gasteiger partial charge in [-0.3, -0.25) is 9.59 Å². The molecule has 0 spiro atoms. The van der Waals surface area contributed by atoms with Crippen molar-refractivity contribution in [2.45, 2.75) is 30.5 Å². The Bertz CT molecular complexity index is 265. The molecule has 0 aromatic rings. The third-order valence-corrected chi connectivity index (χ3v) is 5.72. The lowest BCUT2D eigenvalue weighted by Crippen LogP contribution is -2.35. The summed E-state index contributed by atoms with van der Waals surface area (Å²) in [7, 11) is 0. The van der Waals surface area contributed by atoms with E-state index in [2.05, 4.69) is 0 Å². The highest BCUT2D eigenvalue weighted by atomic mass is 32.2. The number of thioether (sulfide) groups is 2. The lowest BCUT2D eigenvalue weighted by Gasteiger charge is -2.21. The molecule has 0 bridgehead atoms. The van der Waals surface area contributed by atoms with E-state index in [1.54, 1.807) is 0 Å². The largest absolute Gasteiger partial charge is 0.480 e. The maximum Gasteiger partial charge on any atom is 0.321 e. The molecule has 18 heavy (non-hydrogen) atoms. The van der Waals surface area contributed by atoms with Crippen LogP contribution in [-0.4, -0.2) is 50.3 Å². The molecule has 2 atom stereocenters. The topological polar surface area (TPSA) is 127 Å². The third kappa shape index (κ3) is 7.10. The molecule has 0 saturated heterocycles. The van der Waals surface area contributed by atoms with Crippen molar-refractivity contribution in [3.05, 3.63) is 0 Å². The van der Waals surface area contributed by atoms with Crippen LogP contribution in [0.4, 0.5) is 0 Å². The molecule has 0 radical (unpaired) electrons. The molecule has 0 heterocycles. The maximum absolute atomic E-state index is 10.6. The number of nitrogens with two attached hydrogens (primary N) is 2. The molecule has 8 heteroatoms. The summed E-state index contributed by atoms with van der Waals surface area (Å²) in [5.74, 6) is -1.18. The van der Waals surface area contributed by atoms with E-state index in [-0.39, 0.29) is 10.5 Å². The summed E-state index contributed by atoms with van der Waals surface area (Å²) < 4.78 is 0.0841. The summed E-state index contributed by atoms with van der Waals surface area (Å²) in [6.45, 7) is 3.98. The second kappa shape index (κ2) is 8.63. The molecule has 0 aliphatic carbocycles. The zero-order chi connectivity index (χ0) is 14.3. The van der Waals surface area contributed by atoms with Crippen LogP contribution in [0, 0.1) is 5.92 Å². The fraction of sp³-hybridized carbons (Fsp3) is 0.800. The maximum atomic E-state index is 10.6. The Morgan fingerprint density at radius 3 is 1.56 bits per heavy atom. The smallest absolute Gasteiger partial charge is 0.321 e. The van der Waals surface area contributed by atoms with Crippen molar-refractivity contribution in [3.8, 4) is 0 Å². The molecule has 0 fully saturated rings. The third-order valence-electron chi connectivity index (χ3n) is 2.06. The van der Waals surface area contributed by atoms with Crippen LogP contribution in [0.15, 0.2) is 0 Å². The fourth-order valence-corrected chi connectivity index (χ4v) is 3.68. The van der Waals surface area contributed by atoms with Crippen LogP contribution in [-0.2, 0) is 9.59 Å². The van der Waals surface area contributed by atoms with Crippen LogP contribution in [0.3, 0.4) is 0 Å². The van der Waals surface area contributed by atoms with E-state index in [0.29, 0.717) is 11.5 Å². The molecule has 0 rings (SSSR count).